The van der Waals surface area contributed by atoms with E-state index in [9.17, 15) is 9.59 Å². The molecular weight excluding hydrogens is 285 g/mol. The molecule has 5 heteroatoms. The van der Waals surface area contributed by atoms with Gasteiger partial charge < -0.3 is 9.72 Å². The summed E-state index contributed by atoms with van der Waals surface area (Å²) >= 11 is 1.95. The normalized spacial score (nSPS) is 9.69. The molecule has 0 spiro atoms. The molecular formula is C8H8INO3. The van der Waals surface area contributed by atoms with E-state index in [0.29, 0.717) is 27.9 Å². The number of halogens is 1. The van der Waals surface area contributed by atoms with Crippen LogP contribution < -0.4 is 0 Å². The van der Waals surface area contributed by atoms with Crippen LogP contribution in [0.5, 0.6) is 0 Å². The number of hydrogen-bond acceptors (Lipinski definition) is 3. The number of ether oxygens (including phenoxy) is 1. The Morgan fingerprint density at radius 3 is 2.92 bits per heavy atom. The molecule has 0 amide bonds. The first-order chi connectivity index (χ1) is 6.19. The van der Waals surface area contributed by atoms with Gasteiger partial charge >= 0.3 is 5.97 Å². The molecule has 0 atom stereocenters. The van der Waals surface area contributed by atoms with Gasteiger partial charge in [0.25, 0.3) is 0 Å². The number of esters is 1. The first-order valence-electron chi connectivity index (χ1n) is 3.69. The van der Waals surface area contributed by atoms with Crippen molar-refractivity contribution in [3.63, 3.8) is 0 Å². The number of carbonyl (C=O) groups is 2. The van der Waals surface area contributed by atoms with Gasteiger partial charge in [-0.05, 0) is 35.6 Å². The number of nitrogens with one attached hydrogen (secondary N) is 1. The van der Waals surface area contributed by atoms with Gasteiger partial charge in [-0.25, -0.2) is 4.79 Å². The standard InChI is InChI=1S/C8H8INO3/c1-2-13-8(12)6-3-5(4-11)7(9)10-6/h3-4,10H,2H2,1H3. The largest absolute Gasteiger partial charge is 0.461 e. The number of aromatic nitrogens is 1. The van der Waals surface area contributed by atoms with Crippen LogP contribution in [0.1, 0.15) is 27.8 Å². The molecule has 70 valence electrons. The Labute approximate surface area is 88.8 Å². The monoisotopic (exact) mass is 293 g/mol. The van der Waals surface area contributed by atoms with E-state index in [1.807, 2.05) is 22.6 Å². The van der Waals surface area contributed by atoms with Crippen molar-refractivity contribution in [1.82, 2.24) is 4.98 Å². The van der Waals surface area contributed by atoms with Crippen LogP contribution in [-0.4, -0.2) is 23.8 Å². The van der Waals surface area contributed by atoms with Crippen molar-refractivity contribution in [2.45, 2.75) is 6.92 Å². The number of rotatable bonds is 3. The summed E-state index contributed by atoms with van der Waals surface area (Å²) in [6.45, 7) is 2.05. The average Bonchev–Trinajstić information content (AvgIpc) is 2.47. The summed E-state index contributed by atoms with van der Waals surface area (Å²) in [5.74, 6) is -0.437. The summed E-state index contributed by atoms with van der Waals surface area (Å²) in [6, 6.07) is 1.48. The van der Waals surface area contributed by atoms with Crippen LogP contribution in [0, 0.1) is 3.70 Å². The molecule has 0 aliphatic rings. The minimum atomic E-state index is -0.437. The van der Waals surface area contributed by atoms with Crippen molar-refractivity contribution in [3.05, 3.63) is 21.0 Å². The first kappa shape index (κ1) is 10.2. The molecule has 0 unspecified atom stereocenters. The second kappa shape index (κ2) is 4.40. The van der Waals surface area contributed by atoms with Crippen molar-refractivity contribution in [2.75, 3.05) is 6.61 Å². The van der Waals surface area contributed by atoms with Crippen LogP contribution in [0.15, 0.2) is 6.07 Å². The van der Waals surface area contributed by atoms with Crippen LogP contribution in [0.3, 0.4) is 0 Å². The smallest absolute Gasteiger partial charge is 0.354 e. The SMILES string of the molecule is CCOC(=O)c1cc(C=O)c(I)[nH]1. The number of aromatic amines is 1. The van der Waals surface area contributed by atoms with E-state index in [4.69, 9.17) is 4.74 Å². The molecule has 13 heavy (non-hydrogen) atoms. The lowest BCUT2D eigenvalue weighted by atomic mass is 10.3. The van der Waals surface area contributed by atoms with E-state index in [2.05, 4.69) is 4.98 Å². The second-order valence-corrected chi connectivity index (χ2v) is 3.37. The maximum Gasteiger partial charge on any atom is 0.354 e. The highest BCUT2D eigenvalue weighted by Crippen LogP contribution is 2.11. The molecule has 1 N–H and O–H groups in total. The number of aldehydes is 1. The molecule has 1 aromatic rings. The van der Waals surface area contributed by atoms with Crippen LogP contribution >= 0.6 is 22.6 Å². The number of H-pyrrole nitrogens is 1. The van der Waals surface area contributed by atoms with Gasteiger partial charge in [-0.15, -0.1) is 0 Å². The Balaban J connectivity index is 2.90. The quantitative estimate of drug-likeness (QED) is 0.523. The summed E-state index contributed by atoms with van der Waals surface area (Å²) in [5, 5.41) is 0. The second-order valence-electron chi connectivity index (χ2n) is 2.29. The predicted octanol–water partition coefficient (Wildman–Crippen LogP) is 1.61. The highest BCUT2D eigenvalue weighted by Gasteiger charge is 2.12. The third-order valence-corrected chi connectivity index (χ3v) is 2.31. The molecule has 0 aliphatic heterocycles. The first-order valence-corrected chi connectivity index (χ1v) is 4.77. The summed E-state index contributed by atoms with van der Waals surface area (Å²) in [4.78, 5) is 24.4. The van der Waals surface area contributed by atoms with Gasteiger partial charge in [0.1, 0.15) is 5.69 Å². The minimum absolute atomic E-state index is 0.313. The van der Waals surface area contributed by atoms with E-state index in [1.165, 1.54) is 6.07 Å². The van der Waals surface area contributed by atoms with Crippen molar-refractivity contribution in [1.29, 1.82) is 0 Å². The van der Waals surface area contributed by atoms with Crippen LogP contribution in [0.2, 0.25) is 0 Å². The third-order valence-electron chi connectivity index (χ3n) is 1.42. The van der Waals surface area contributed by atoms with E-state index in [-0.39, 0.29) is 0 Å². The summed E-state index contributed by atoms with van der Waals surface area (Å²) in [6.07, 6.45) is 0.695. The molecule has 4 nitrogen and oxygen atoms in total. The zero-order valence-electron chi connectivity index (χ0n) is 6.96. The Morgan fingerprint density at radius 1 is 1.77 bits per heavy atom. The van der Waals surface area contributed by atoms with Crippen molar-refractivity contribution < 1.29 is 14.3 Å². The molecule has 1 aromatic heterocycles. The molecule has 1 heterocycles. The summed E-state index contributed by atoms with van der Waals surface area (Å²) in [7, 11) is 0. The summed E-state index contributed by atoms with van der Waals surface area (Å²) < 4.78 is 5.40. The third kappa shape index (κ3) is 2.30. The topological polar surface area (TPSA) is 59.2 Å². The van der Waals surface area contributed by atoms with Crippen molar-refractivity contribution >= 4 is 34.8 Å². The lowest BCUT2D eigenvalue weighted by Gasteiger charge is -1.96. The van der Waals surface area contributed by atoms with E-state index in [1.54, 1.807) is 6.92 Å². The van der Waals surface area contributed by atoms with Gasteiger partial charge in [0, 0.05) is 5.56 Å². The molecule has 0 bridgehead atoms. The number of carbonyl (C=O) groups excluding carboxylic acids is 2. The maximum atomic E-state index is 11.2. The van der Waals surface area contributed by atoms with Gasteiger partial charge in [0.2, 0.25) is 0 Å². The summed E-state index contributed by atoms with van der Waals surface area (Å²) in [5.41, 5.74) is 0.789. The highest BCUT2D eigenvalue weighted by atomic mass is 127. The van der Waals surface area contributed by atoms with Gasteiger partial charge in [-0.3, -0.25) is 4.79 Å². The lowest BCUT2D eigenvalue weighted by Crippen LogP contribution is -2.04. The number of hydrogen-bond donors (Lipinski definition) is 1. The van der Waals surface area contributed by atoms with Crippen molar-refractivity contribution in [3.8, 4) is 0 Å². The fourth-order valence-electron chi connectivity index (χ4n) is 0.850. The molecule has 0 aliphatic carbocycles. The minimum Gasteiger partial charge on any atom is -0.461 e. The van der Waals surface area contributed by atoms with E-state index < -0.39 is 5.97 Å². The zero-order valence-corrected chi connectivity index (χ0v) is 9.12. The van der Waals surface area contributed by atoms with Crippen LogP contribution in [0.4, 0.5) is 0 Å². The maximum absolute atomic E-state index is 11.2. The molecule has 0 saturated heterocycles. The molecule has 0 radical (unpaired) electrons. The van der Waals surface area contributed by atoms with Gasteiger partial charge in [0.15, 0.2) is 6.29 Å². The fourth-order valence-corrected chi connectivity index (χ4v) is 1.42. The van der Waals surface area contributed by atoms with Gasteiger partial charge in [-0.1, -0.05) is 0 Å². The fraction of sp³-hybridized carbons (Fsp3) is 0.250. The van der Waals surface area contributed by atoms with Crippen LogP contribution in [0.25, 0.3) is 0 Å². The molecule has 0 aromatic carbocycles. The van der Waals surface area contributed by atoms with Crippen LogP contribution in [-0.2, 0) is 4.74 Å². The Morgan fingerprint density at radius 2 is 2.46 bits per heavy atom. The van der Waals surface area contributed by atoms with Gasteiger partial charge in [-0.2, -0.15) is 0 Å². The zero-order chi connectivity index (χ0) is 9.84. The Kier molecular flexibility index (Phi) is 3.47. The Hall–Kier alpha value is -0.850. The molecule has 0 saturated carbocycles. The highest BCUT2D eigenvalue weighted by molar-refractivity contribution is 14.1. The predicted molar refractivity (Wildman–Crippen MR) is 54.9 cm³/mol. The Bertz CT molecular complexity index is 332. The van der Waals surface area contributed by atoms with E-state index >= 15 is 0 Å². The molecule has 1 rings (SSSR count). The van der Waals surface area contributed by atoms with Crippen molar-refractivity contribution in [2.24, 2.45) is 0 Å². The van der Waals surface area contributed by atoms with E-state index in [0.717, 1.165) is 0 Å². The lowest BCUT2D eigenvalue weighted by molar-refractivity contribution is 0.0520. The molecule has 0 fully saturated rings. The average molecular weight is 293 g/mol. The van der Waals surface area contributed by atoms with Gasteiger partial charge in [0.05, 0.1) is 10.3 Å².